The summed E-state index contributed by atoms with van der Waals surface area (Å²) in [6.07, 6.45) is 4.86. The molecule has 79 heavy (non-hydrogen) atoms. The number of nitrogens with zero attached hydrogens (tertiary/aromatic N) is 2. The fourth-order valence-corrected chi connectivity index (χ4v) is 15.6. The SMILES string of the molecule is CC12CCCCC1(C)N(c1ccc(-c3cc4c(c5c3oc3ccccc35)-c3ccc(N(c5ccccc5-c5ccccc5)c5cccc6c5oc5ccccc56)cc3C43c4ccccc4-c4ccccc43)cc1)c1ccccc12. The monoisotopic (exact) mass is 1010 g/mol. The zero-order valence-corrected chi connectivity index (χ0v) is 44.1. The van der Waals surface area contributed by atoms with Gasteiger partial charge in [-0.15, -0.1) is 0 Å². The molecule has 1 saturated carbocycles. The van der Waals surface area contributed by atoms with Crippen molar-refractivity contribution < 1.29 is 8.83 Å². The van der Waals surface area contributed by atoms with E-state index in [1.165, 1.54) is 80.7 Å². The summed E-state index contributed by atoms with van der Waals surface area (Å²) in [5.41, 5.74) is 24.5. The molecule has 11 aromatic carbocycles. The van der Waals surface area contributed by atoms with Crippen LogP contribution in [0.2, 0.25) is 0 Å². The van der Waals surface area contributed by atoms with Crippen molar-refractivity contribution >= 4 is 72.3 Å². The molecule has 1 aliphatic heterocycles. The first-order valence-electron chi connectivity index (χ1n) is 28.1. The van der Waals surface area contributed by atoms with Crippen LogP contribution < -0.4 is 9.80 Å². The minimum Gasteiger partial charge on any atom is -0.455 e. The molecular formula is C75H54N2O2. The molecule has 17 rings (SSSR count). The summed E-state index contributed by atoms with van der Waals surface area (Å²) < 4.78 is 14.2. The minimum atomic E-state index is -0.690. The summed E-state index contributed by atoms with van der Waals surface area (Å²) in [4.78, 5) is 5.12. The molecule has 2 atom stereocenters. The van der Waals surface area contributed by atoms with Crippen LogP contribution in [0.4, 0.5) is 28.4 Å². The molecule has 0 saturated heterocycles. The Morgan fingerprint density at radius 3 is 1.78 bits per heavy atom. The number of anilines is 5. The van der Waals surface area contributed by atoms with E-state index in [9.17, 15) is 0 Å². The Morgan fingerprint density at radius 1 is 0.405 bits per heavy atom. The third-order valence-corrected chi connectivity index (χ3v) is 19.2. The van der Waals surface area contributed by atoms with E-state index in [2.05, 4.69) is 266 Å². The van der Waals surface area contributed by atoms with Gasteiger partial charge in [-0.2, -0.15) is 0 Å². The third kappa shape index (κ3) is 5.88. The number of hydrogen-bond donors (Lipinski definition) is 0. The van der Waals surface area contributed by atoms with E-state index in [-0.39, 0.29) is 11.0 Å². The van der Waals surface area contributed by atoms with Crippen molar-refractivity contribution in [2.24, 2.45) is 0 Å². The Balaban J connectivity index is 0.936. The van der Waals surface area contributed by atoms with Gasteiger partial charge in [-0.3, -0.25) is 0 Å². The standard InChI is InChI=1S/C75H54N2O2/c1-73-43-18-19-44-74(73,2)77(65-33-15-13-31-61(65)73)49-39-37-48(38-40-49)58-46-63-69(70-57-27-10-17-36-68(57)79-72(58)70)56-42-41-50(45-62(56)75(63)59-29-11-6-24-52(59)53-25-7-12-30-60(53)75)76(64-32-14-8-23-51(64)47-21-4-3-5-22-47)66-34-20-28-55-54-26-9-16-35-67(54)78-71(55)66/h3-17,20-42,45-46H,18-19,43-44H2,1-2H3. The Morgan fingerprint density at radius 2 is 1.00 bits per heavy atom. The Kier molecular flexibility index (Phi) is 9.24. The van der Waals surface area contributed by atoms with Crippen LogP contribution in [-0.4, -0.2) is 5.54 Å². The highest BCUT2D eigenvalue weighted by Crippen LogP contribution is 2.66. The lowest BCUT2D eigenvalue weighted by atomic mass is 9.61. The molecule has 4 heteroatoms. The van der Waals surface area contributed by atoms with Crippen LogP contribution in [0, 0.1) is 0 Å². The smallest absolute Gasteiger partial charge is 0.159 e. The number of hydrogen-bond acceptors (Lipinski definition) is 4. The van der Waals surface area contributed by atoms with Crippen molar-refractivity contribution in [2.75, 3.05) is 9.80 Å². The molecule has 3 heterocycles. The summed E-state index contributed by atoms with van der Waals surface area (Å²) in [7, 11) is 0. The summed E-state index contributed by atoms with van der Waals surface area (Å²) in [6, 6.07) is 89.9. The molecule has 1 fully saturated rings. The predicted octanol–water partition coefficient (Wildman–Crippen LogP) is 20.4. The highest BCUT2D eigenvalue weighted by molar-refractivity contribution is 6.20. The van der Waals surface area contributed by atoms with Crippen LogP contribution in [0.1, 0.15) is 67.3 Å². The molecule has 4 aliphatic rings. The minimum absolute atomic E-state index is 0.0337. The number of benzene rings is 11. The van der Waals surface area contributed by atoms with Gasteiger partial charge in [0, 0.05) is 55.1 Å². The van der Waals surface area contributed by atoms with Gasteiger partial charge >= 0.3 is 0 Å². The number of furan rings is 2. The topological polar surface area (TPSA) is 32.8 Å². The number of rotatable bonds is 6. The van der Waals surface area contributed by atoms with Gasteiger partial charge in [-0.25, -0.2) is 0 Å². The summed E-state index contributed by atoms with van der Waals surface area (Å²) in [6.45, 7) is 5.03. The lowest BCUT2D eigenvalue weighted by Gasteiger charge is -2.50. The van der Waals surface area contributed by atoms with Crippen molar-refractivity contribution in [3.8, 4) is 44.5 Å². The highest BCUT2D eigenvalue weighted by Gasteiger charge is 2.58. The van der Waals surface area contributed by atoms with Crippen molar-refractivity contribution in [3.63, 3.8) is 0 Å². The molecule has 1 spiro atoms. The van der Waals surface area contributed by atoms with E-state index >= 15 is 0 Å². The van der Waals surface area contributed by atoms with Crippen LogP contribution in [0.25, 0.3) is 88.4 Å². The quantitative estimate of drug-likeness (QED) is 0.166. The predicted molar refractivity (Wildman–Crippen MR) is 326 cm³/mol. The van der Waals surface area contributed by atoms with Crippen molar-refractivity contribution in [2.45, 2.75) is 55.9 Å². The van der Waals surface area contributed by atoms with Gasteiger partial charge in [-0.1, -0.05) is 202 Å². The Hall–Kier alpha value is -9.38. The van der Waals surface area contributed by atoms with E-state index in [1.807, 2.05) is 0 Å². The van der Waals surface area contributed by atoms with Gasteiger partial charge in [0.25, 0.3) is 0 Å². The molecule has 4 nitrogen and oxygen atoms in total. The zero-order chi connectivity index (χ0) is 52.2. The van der Waals surface area contributed by atoms with Gasteiger partial charge in [0.1, 0.15) is 16.7 Å². The average molecular weight is 1020 g/mol. The molecule has 0 amide bonds. The van der Waals surface area contributed by atoms with Gasteiger partial charge in [-0.05, 0) is 142 Å². The van der Waals surface area contributed by atoms with Gasteiger partial charge < -0.3 is 18.6 Å². The molecule has 2 aromatic heterocycles. The van der Waals surface area contributed by atoms with Crippen LogP contribution in [0.3, 0.4) is 0 Å². The summed E-state index contributed by atoms with van der Waals surface area (Å²) in [5, 5.41) is 4.45. The first kappa shape index (κ1) is 44.7. The molecule has 376 valence electrons. The maximum atomic E-state index is 7.21. The lowest BCUT2D eigenvalue weighted by Crippen LogP contribution is -2.54. The van der Waals surface area contributed by atoms with Crippen LogP contribution in [-0.2, 0) is 10.8 Å². The molecule has 13 aromatic rings. The maximum absolute atomic E-state index is 7.21. The Labute approximate surface area is 459 Å². The first-order chi connectivity index (χ1) is 38.9. The fourth-order valence-electron chi connectivity index (χ4n) is 15.6. The van der Waals surface area contributed by atoms with Crippen LogP contribution >= 0.6 is 0 Å². The second-order valence-corrected chi connectivity index (χ2v) is 22.9. The second kappa shape index (κ2) is 16.3. The van der Waals surface area contributed by atoms with E-state index in [0.717, 1.165) is 89.6 Å². The molecule has 0 bridgehead atoms. The first-order valence-corrected chi connectivity index (χ1v) is 28.1. The zero-order valence-electron chi connectivity index (χ0n) is 44.1. The van der Waals surface area contributed by atoms with E-state index in [0.29, 0.717) is 0 Å². The van der Waals surface area contributed by atoms with Crippen LogP contribution in [0.15, 0.2) is 251 Å². The average Bonchev–Trinajstić information content (AvgIpc) is 2.77. The normalized spacial score (nSPS) is 18.2. The molecular weight excluding hydrogens is 961 g/mol. The van der Waals surface area contributed by atoms with Crippen molar-refractivity contribution in [1.29, 1.82) is 0 Å². The second-order valence-electron chi connectivity index (χ2n) is 22.9. The van der Waals surface area contributed by atoms with Gasteiger partial charge in [0.2, 0.25) is 0 Å². The van der Waals surface area contributed by atoms with E-state index < -0.39 is 5.41 Å². The summed E-state index contributed by atoms with van der Waals surface area (Å²) in [5.74, 6) is 0. The molecule has 0 radical (unpaired) electrons. The number of fused-ring (bicyclic) bond motifs is 20. The third-order valence-electron chi connectivity index (χ3n) is 19.2. The van der Waals surface area contributed by atoms with Crippen molar-refractivity contribution in [3.05, 3.63) is 270 Å². The molecule has 3 aliphatic carbocycles. The van der Waals surface area contributed by atoms with Gasteiger partial charge in [0.05, 0.1) is 22.3 Å². The highest BCUT2D eigenvalue weighted by atomic mass is 16.3. The Bertz CT molecular complexity index is 4630. The van der Waals surface area contributed by atoms with Gasteiger partial charge in [0.15, 0.2) is 5.58 Å². The summed E-state index contributed by atoms with van der Waals surface area (Å²) >= 11 is 0. The largest absolute Gasteiger partial charge is 0.455 e. The number of para-hydroxylation sites is 5. The van der Waals surface area contributed by atoms with E-state index in [4.69, 9.17) is 8.83 Å². The fraction of sp³-hybridized carbons (Fsp3) is 0.120. The molecule has 0 N–H and O–H groups in total. The maximum Gasteiger partial charge on any atom is 0.159 e. The lowest BCUT2D eigenvalue weighted by molar-refractivity contribution is 0.195. The van der Waals surface area contributed by atoms with Crippen LogP contribution in [0.5, 0.6) is 0 Å². The van der Waals surface area contributed by atoms with Crippen molar-refractivity contribution in [1.82, 2.24) is 0 Å². The van der Waals surface area contributed by atoms with E-state index in [1.54, 1.807) is 0 Å². The molecule has 2 unspecified atom stereocenters.